The van der Waals surface area contributed by atoms with Gasteiger partial charge in [-0.1, -0.05) is 13.8 Å². The molecule has 7 heteroatoms. The summed E-state index contributed by atoms with van der Waals surface area (Å²) in [5, 5.41) is 16.9. The number of carbonyl (C=O) groups is 2. The molecule has 6 nitrogen and oxygen atoms in total. The molecule has 1 amide bonds. The van der Waals surface area contributed by atoms with E-state index in [2.05, 4.69) is 15.6 Å². The molecule has 0 aliphatic rings. The van der Waals surface area contributed by atoms with E-state index in [0.717, 1.165) is 0 Å². The van der Waals surface area contributed by atoms with Crippen molar-refractivity contribution in [1.29, 1.82) is 0 Å². The number of anilines is 1. The van der Waals surface area contributed by atoms with Gasteiger partial charge in [-0.25, -0.2) is 4.98 Å². The highest BCUT2D eigenvalue weighted by Crippen LogP contribution is 2.15. The molecule has 0 aromatic carbocycles. The Morgan fingerprint density at radius 3 is 2.56 bits per heavy atom. The lowest BCUT2D eigenvalue weighted by Gasteiger charge is -2.27. The molecule has 0 spiro atoms. The van der Waals surface area contributed by atoms with Crippen LogP contribution in [0.3, 0.4) is 0 Å². The molecule has 0 aliphatic heterocycles. The Balaban J connectivity index is 2.52. The second-order valence-electron chi connectivity index (χ2n) is 3.83. The van der Waals surface area contributed by atoms with Gasteiger partial charge in [-0.05, 0) is 12.8 Å². The van der Waals surface area contributed by atoms with E-state index in [1.54, 1.807) is 25.4 Å². The second-order valence-corrected chi connectivity index (χ2v) is 4.73. The molecule has 0 bridgehead atoms. The number of carboxylic acid groups (broad SMARTS) is 1. The van der Waals surface area contributed by atoms with Crippen LogP contribution in [0.25, 0.3) is 0 Å². The minimum atomic E-state index is -1.04. The number of carboxylic acids is 1. The quantitative estimate of drug-likeness (QED) is 0.695. The van der Waals surface area contributed by atoms with E-state index in [0.29, 0.717) is 18.0 Å². The minimum absolute atomic E-state index is 0.0481. The first-order chi connectivity index (χ1) is 8.54. The van der Waals surface area contributed by atoms with Crippen molar-refractivity contribution in [3.63, 3.8) is 0 Å². The highest BCUT2D eigenvalue weighted by Gasteiger charge is 2.34. The fourth-order valence-electron chi connectivity index (χ4n) is 1.58. The molecule has 3 N–H and O–H groups in total. The van der Waals surface area contributed by atoms with Crippen LogP contribution in [-0.4, -0.2) is 34.1 Å². The molecule has 0 atom stereocenters. The molecule has 0 saturated carbocycles. The van der Waals surface area contributed by atoms with Crippen molar-refractivity contribution in [1.82, 2.24) is 10.3 Å². The van der Waals surface area contributed by atoms with Crippen molar-refractivity contribution < 1.29 is 14.7 Å². The van der Waals surface area contributed by atoms with Crippen molar-refractivity contribution in [3.05, 3.63) is 11.6 Å². The zero-order chi connectivity index (χ0) is 13.6. The van der Waals surface area contributed by atoms with Crippen molar-refractivity contribution >= 4 is 28.3 Å². The molecule has 0 aliphatic carbocycles. The maximum Gasteiger partial charge on any atom is 0.323 e. The Labute approximate surface area is 109 Å². The zero-order valence-corrected chi connectivity index (χ0v) is 11.2. The number of carbonyl (C=O) groups excluding carboxylic acids is 1. The predicted octanol–water partition coefficient (Wildman–Crippen LogP) is 1.31. The Hall–Kier alpha value is -1.47. The van der Waals surface area contributed by atoms with E-state index in [1.807, 2.05) is 0 Å². The van der Waals surface area contributed by atoms with Gasteiger partial charge in [-0.15, -0.1) is 11.3 Å². The fraction of sp³-hybridized carbons (Fsp3) is 0.545. The van der Waals surface area contributed by atoms with Crippen molar-refractivity contribution in [2.45, 2.75) is 32.2 Å². The van der Waals surface area contributed by atoms with Crippen molar-refractivity contribution in [2.24, 2.45) is 0 Å². The topological polar surface area (TPSA) is 91.3 Å². The van der Waals surface area contributed by atoms with E-state index in [9.17, 15) is 14.7 Å². The lowest BCUT2D eigenvalue weighted by atomic mass is 9.93. The van der Waals surface area contributed by atoms with Gasteiger partial charge in [0.2, 0.25) is 5.91 Å². The van der Waals surface area contributed by atoms with Crippen LogP contribution in [0.2, 0.25) is 0 Å². The van der Waals surface area contributed by atoms with Gasteiger partial charge >= 0.3 is 5.97 Å². The summed E-state index contributed by atoms with van der Waals surface area (Å²) in [4.78, 5) is 26.7. The summed E-state index contributed by atoms with van der Waals surface area (Å²) in [6.07, 6.45) is 2.43. The van der Waals surface area contributed by atoms with Gasteiger partial charge in [0.25, 0.3) is 0 Å². The monoisotopic (exact) mass is 271 g/mol. The predicted molar refractivity (Wildman–Crippen MR) is 69.7 cm³/mol. The van der Waals surface area contributed by atoms with Gasteiger partial charge in [0.15, 0.2) is 5.13 Å². The van der Waals surface area contributed by atoms with Gasteiger partial charge in [0.05, 0.1) is 6.54 Å². The summed E-state index contributed by atoms with van der Waals surface area (Å²) in [7, 11) is 0. The maximum absolute atomic E-state index is 11.6. The lowest BCUT2D eigenvalue weighted by molar-refractivity contribution is -0.145. The van der Waals surface area contributed by atoms with Crippen molar-refractivity contribution in [3.8, 4) is 0 Å². The Kier molecular flexibility index (Phi) is 5.24. The standard InChI is InChI=1S/C11H17N3O3S/c1-3-11(4-2,9(16)17)13-7-8(15)14-10-12-5-6-18-10/h5-6,13H,3-4,7H2,1-2H3,(H,16,17)(H,12,14,15). The third-order valence-corrected chi connectivity index (χ3v) is 3.57. The van der Waals surface area contributed by atoms with Crippen LogP contribution in [0.5, 0.6) is 0 Å². The molecule has 1 heterocycles. The zero-order valence-electron chi connectivity index (χ0n) is 10.4. The van der Waals surface area contributed by atoms with Gasteiger partial charge in [-0.2, -0.15) is 0 Å². The number of amides is 1. The molecule has 0 saturated heterocycles. The number of rotatable bonds is 7. The molecule has 1 aromatic heterocycles. The van der Waals surface area contributed by atoms with Crippen LogP contribution in [0.4, 0.5) is 5.13 Å². The SMILES string of the molecule is CCC(CC)(NCC(=O)Nc1nccs1)C(=O)O. The molecule has 0 unspecified atom stereocenters. The Morgan fingerprint density at radius 2 is 2.11 bits per heavy atom. The number of nitrogens with zero attached hydrogens (tertiary/aromatic N) is 1. The molecular weight excluding hydrogens is 254 g/mol. The molecule has 0 radical (unpaired) electrons. The maximum atomic E-state index is 11.6. The summed E-state index contributed by atoms with van der Waals surface area (Å²) in [6.45, 7) is 3.51. The minimum Gasteiger partial charge on any atom is -0.480 e. The normalized spacial score (nSPS) is 11.2. The van der Waals surface area contributed by atoms with E-state index in [4.69, 9.17) is 0 Å². The van der Waals surface area contributed by atoms with Crippen molar-refractivity contribution in [2.75, 3.05) is 11.9 Å². The summed E-state index contributed by atoms with van der Waals surface area (Å²) >= 11 is 1.32. The number of nitrogens with one attached hydrogen (secondary N) is 2. The fourth-order valence-corrected chi connectivity index (χ4v) is 2.12. The summed E-state index contributed by atoms with van der Waals surface area (Å²) in [5.41, 5.74) is -1.04. The van der Waals surface area contributed by atoms with Crippen LogP contribution in [0.1, 0.15) is 26.7 Å². The third kappa shape index (κ3) is 3.51. The molecule has 100 valence electrons. The van der Waals surface area contributed by atoms with Crippen LogP contribution < -0.4 is 10.6 Å². The van der Waals surface area contributed by atoms with Gasteiger partial charge in [0.1, 0.15) is 5.54 Å². The van der Waals surface area contributed by atoms with Crippen LogP contribution in [0.15, 0.2) is 11.6 Å². The highest BCUT2D eigenvalue weighted by molar-refractivity contribution is 7.13. The van der Waals surface area contributed by atoms with Crippen LogP contribution >= 0.6 is 11.3 Å². The number of hydrogen-bond acceptors (Lipinski definition) is 5. The lowest BCUT2D eigenvalue weighted by Crippen LogP contribution is -2.53. The first kappa shape index (κ1) is 14.6. The Bertz CT molecular complexity index is 402. The van der Waals surface area contributed by atoms with E-state index in [1.165, 1.54) is 11.3 Å². The molecule has 0 fully saturated rings. The molecular formula is C11H17N3O3S. The number of thiazole rings is 1. The average Bonchev–Trinajstić information content (AvgIpc) is 2.83. The highest BCUT2D eigenvalue weighted by atomic mass is 32.1. The van der Waals surface area contributed by atoms with E-state index >= 15 is 0 Å². The van der Waals surface area contributed by atoms with Gasteiger partial charge in [0, 0.05) is 11.6 Å². The molecule has 1 aromatic rings. The average molecular weight is 271 g/mol. The first-order valence-corrected chi connectivity index (χ1v) is 6.59. The summed E-state index contributed by atoms with van der Waals surface area (Å²) in [5.74, 6) is -1.23. The number of aromatic nitrogens is 1. The van der Waals surface area contributed by atoms with Crippen LogP contribution in [0, 0.1) is 0 Å². The number of hydrogen-bond donors (Lipinski definition) is 3. The van der Waals surface area contributed by atoms with Gasteiger partial charge in [-0.3, -0.25) is 14.9 Å². The van der Waals surface area contributed by atoms with E-state index in [-0.39, 0.29) is 12.5 Å². The third-order valence-electron chi connectivity index (χ3n) is 2.88. The molecule has 1 rings (SSSR count). The first-order valence-electron chi connectivity index (χ1n) is 5.72. The molecule has 18 heavy (non-hydrogen) atoms. The largest absolute Gasteiger partial charge is 0.480 e. The number of aliphatic carboxylic acids is 1. The summed E-state index contributed by atoms with van der Waals surface area (Å²) < 4.78 is 0. The summed E-state index contributed by atoms with van der Waals surface area (Å²) in [6, 6.07) is 0. The Morgan fingerprint density at radius 1 is 1.44 bits per heavy atom. The van der Waals surface area contributed by atoms with E-state index < -0.39 is 11.5 Å². The van der Waals surface area contributed by atoms with Gasteiger partial charge < -0.3 is 10.4 Å². The second kappa shape index (κ2) is 6.46. The smallest absolute Gasteiger partial charge is 0.323 e. The van der Waals surface area contributed by atoms with Crippen LogP contribution in [-0.2, 0) is 9.59 Å².